The van der Waals surface area contributed by atoms with E-state index in [2.05, 4.69) is 51.0 Å². The molecule has 0 spiro atoms. The van der Waals surface area contributed by atoms with Crippen LogP contribution in [0.2, 0.25) is 0 Å². The molecule has 218 valence electrons. The van der Waals surface area contributed by atoms with Gasteiger partial charge in [-0.1, -0.05) is 18.2 Å². The number of para-hydroxylation sites is 1. The minimum Gasteiger partial charge on any atom is -0.505 e. The molecule has 2 aliphatic rings. The molecule has 2 atom stereocenters. The van der Waals surface area contributed by atoms with Crippen molar-refractivity contribution in [1.82, 2.24) is 19.9 Å². The molecule has 10 nitrogen and oxygen atoms in total. The summed E-state index contributed by atoms with van der Waals surface area (Å²) in [5.41, 5.74) is 2.44. The lowest BCUT2D eigenvalue weighted by atomic mass is 10.0. The Kier molecular flexibility index (Phi) is 7.61. The standard InChI is InChI=1S/C31H34FN7O3/c1-19-17-39(18-20(2)37(19)3)27-13-24(32)23(21-14-34-31(35-15-21)38-8-10-42-11-9-38)12-26(27)36-30(41)29-22-6-4-5-7-25(22)33-16-28(29)40/h4-7,12-16,19-20,40H,8-11,17-18H2,1-3H3,(H,36,41)/t19-,20+. The largest absolute Gasteiger partial charge is 0.505 e. The number of nitrogens with zero attached hydrogens (tertiary/aromatic N) is 6. The molecule has 0 aliphatic carbocycles. The fraction of sp³-hybridized carbons (Fsp3) is 0.355. The Balaban J connectivity index is 1.40. The van der Waals surface area contributed by atoms with Crippen LogP contribution in [-0.4, -0.2) is 89.4 Å². The van der Waals surface area contributed by atoms with Gasteiger partial charge >= 0.3 is 0 Å². The van der Waals surface area contributed by atoms with Gasteiger partial charge in [0.2, 0.25) is 5.95 Å². The van der Waals surface area contributed by atoms with E-state index in [-0.39, 0.29) is 29.0 Å². The maximum atomic E-state index is 15.8. The molecule has 0 radical (unpaired) electrons. The zero-order valence-corrected chi connectivity index (χ0v) is 23.9. The fourth-order valence-corrected chi connectivity index (χ4v) is 5.69. The number of pyridine rings is 1. The summed E-state index contributed by atoms with van der Waals surface area (Å²) in [4.78, 5) is 33.4. The molecule has 2 aliphatic heterocycles. The van der Waals surface area contributed by atoms with Crippen LogP contribution in [0.3, 0.4) is 0 Å². The molecule has 4 aromatic rings. The number of carbonyl (C=O) groups excluding carboxylic acids is 1. The molecule has 42 heavy (non-hydrogen) atoms. The van der Waals surface area contributed by atoms with E-state index in [1.807, 2.05) is 11.0 Å². The first-order valence-corrected chi connectivity index (χ1v) is 14.1. The third kappa shape index (κ3) is 5.33. The number of likely N-dealkylation sites (N-methyl/N-ethyl adjacent to an activating group) is 1. The summed E-state index contributed by atoms with van der Waals surface area (Å²) in [5, 5.41) is 14.2. The lowest BCUT2D eigenvalue weighted by Gasteiger charge is -2.44. The lowest BCUT2D eigenvalue weighted by molar-refractivity contribution is 0.102. The van der Waals surface area contributed by atoms with E-state index in [1.165, 1.54) is 12.3 Å². The molecule has 0 bridgehead atoms. The van der Waals surface area contributed by atoms with Gasteiger partial charge in [0.1, 0.15) is 11.6 Å². The first-order valence-electron chi connectivity index (χ1n) is 14.1. The van der Waals surface area contributed by atoms with Crippen LogP contribution in [0.5, 0.6) is 5.75 Å². The van der Waals surface area contributed by atoms with Crippen molar-refractivity contribution in [1.29, 1.82) is 0 Å². The maximum absolute atomic E-state index is 15.8. The van der Waals surface area contributed by atoms with Crippen LogP contribution in [0.25, 0.3) is 22.0 Å². The minimum absolute atomic E-state index is 0.107. The molecular weight excluding hydrogens is 537 g/mol. The van der Waals surface area contributed by atoms with E-state index in [9.17, 15) is 9.90 Å². The van der Waals surface area contributed by atoms with Gasteiger partial charge in [0.15, 0.2) is 0 Å². The lowest BCUT2D eigenvalue weighted by Crippen LogP contribution is -2.55. The molecule has 1 amide bonds. The van der Waals surface area contributed by atoms with Gasteiger partial charge in [-0.05, 0) is 39.1 Å². The highest BCUT2D eigenvalue weighted by molar-refractivity contribution is 6.15. The second kappa shape index (κ2) is 11.5. The Morgan fingerprint density at radius 3 is 2.40 bits per heavy atom. The number of anilines is 3. The smallest absolute Gasteiger partial charge is 0.260 e. The predicted octanol–water partition coefficient (Wildman–Crippen LogP) is 4.15. The molecular formula is C31H34FN7O3. The number of carbonyl (C=O) groups is 1. The molecule has 2 aromatic carbocycles. The van der Waals surface area contributed by atoms with Crippen LogP contribution < -0.4 is 15.1 Å². The van der Waals surface area contributed by atoms with Gasteiger partial charge in [-0.25, -0.2) is 14.4 Å². The summed E-state index contributed by atoms with van der Waals surface area (Å²) in [6, 6.07) is 10.7. The van der Waals surface area contributed by atoms with Crippen molar-refractivity contribution in [3.8, 4) is 16.9 Å². The molecule has 6 rings (SSSR count). The number of aromatic hydroxyl groups is 1. The molecule has 2 N–H and O–H groups in total. The minimum atomic E-state index is -0.515. The van der Waals surface area contributed by atoms with Crippen LogP contribution >= 0.6 is 0 Å². The Bertz CT molecular complexity index is 1600. The highest BCUT2D eigenvalue weighted by Gasteiger charge is 2.29. The third-order valence-corrected chi connectivity index (χ3v) is 8.26. The number of nitrogens with one attached hydrogen (secondary N) is 1. The molecule has 4 heterocycles. The van der Waals surface area contributed by atoms with Crippen LogP contribution in [-0.2, 0) is 4.74 Å². The molecule has 2 saturated heterocycles. The fourth-order valence-electron chi connectivity index (χ4n) is 5.69. The molecule has 2 aromatic heterocycles. The number of hydrogen-bond donors (Lipinski definition) is 2. The first-order chi connectivity index (χ1) is 20.3. The number of fused-ring (bicyclic) bond motifs is 1. The average molecular weight is 572 g/mol. The zero-order valence-electron chi connectivity index (χ0n) is 23.9. The number of ether oxygens (including phenoxy) is 1. The Hall–Kier alpha value is -4.35. The summed E-state index contributed by atoms with van der Waals surface area (Å²) in [7, 11) is 2.08. The van der Waals surface area contributed by atoms with Crippen LogP contribution in [0.4, 0.5) is 21.7 Å². The van der Waals surface area contributed by atoms with Gasteiger partial charge in [0, 0.05) is 67.2 Å². The normalized spacial score (nSPS) is 19.7. The van der Waals surface area contributed by atoms with E-state index in [0.717, 1.165) is 0 Å². The summed E-state index contributed by atoms with van der Waals surface area (Å²) >= 11 is 0. The summed E-state index contributed by atoms with van der Waals surface area (Å²) in [5.74, 6) is -0.627. The van der Waals surface area contributed by atoms with Crippen molar-refractivity contribution in [3.63, 3.8) is 0 Å². The Labute approximate surface area is 243 Å². The van der Waals surface area contributed by atoms with Gasteiger partial charge in [0.25, 0.3) is 5.91 Å². The summed E-state index contributed by atoms with van der Waals surface area (Å²) in [6.07, 6.45) is 4.47. The van der Waals surface area contributed by atoms with Crippen molar-refractivity contribution >= 4 is 34.1 Å². The number of rotatable bonds is 5. The zero-order chi connectivity index (χ0) is 29.4. The number of benzene rings is 2. The van der Waals surface area contributed by atoms with Crippen molar-refractivity contribution in [3.05, 3.63) is 66.4 Å². The number of halogens is 1. The van der Waals surface area contributed by atoms with Crippen molar-refractivity contribution in [2.75, 3.05) is 61.6 Å². The monoisotopic (exact) mass is 571 g/mol. The van der Waals surface area contributed by atoms with Crippen molar-refractivity contribution in [2.24, 2.45) is 0 Å². The highest BCUT2D eigenvalue weighted by atomic mass is 19.1. The van der Waals surface area contributed by atoms with Gasteiger partial charge < -0.3 is 25.0 Å². The number of morpholine rings is 1. The van der Waals surface area contributed by atoms with E-state index < -0.39 is 11.7 Å². The first kappa shape index (κ1) is 27.8. The third-order valence-electron chi connectivity index (χ3n) is 8.26. The predicted molar refractivity (Wildman–Crippen MR) is 161 cm³/mol. The summed E-state index contributed by atoms with van der Waals surface area (Å²) < 4.78 is 21.3. The molecule has 0 unspecified atom stereocenters. The molecule has 11 heteroatoms. The van der Waals surface area contributed by atoms with Gasteiger partial charge in [0.05, 0.1) is 41.9 Å². The quantitative estimate of drug-likeness (QED) is 0.365. The van der Waals surface area contributed by atoms with Gasteiger partial charge in [-0.2, -0.15) is 0 Å². The molecule has 0 saturated carbocycles. The SMILES string of the molecule is C[C@@H]1CN(c2cc(F)c(-c3cnc(N4CCOCC4)nc3)cc2NC(=O)c2c(O)cnc3ccccc23)C[C@H](C)N1C. The van der Waals surface area contributed by atoms with E-state index in [1.54, 1.807) is 36.7 Å². The van der Waals surface area contributed by atoms with E-state index in [0.29, 0.717) is 73.2 Å². The van der Waals surface area contributed by atoms with E-state index in [4.69, 9.17) is 4.74 Å². The second-order valence-electron chi connectivity index (χ2n) is 11.0. The number of hydrogen-bond acceptors (Lipinski definition) is 9. The highest BCUT2D eigenvalue weighted by Crippen LogP contribution is 2.37. The second-order valence-corrected chi connectivity index (χ2v) is 11.0. The van der Waals surface area contributed by atoms with Crippen LogP contribution in [0, 0.1) is 5.82 Å². The van der Waals surface area contributed by atoms with Crippen molar-refractivity contribution in [2.45, 2.75) is 25.9 Å². The number of piperazine rings is 1. The Morgan fingerprint density at radius 2 is 1.69 bits per heavy atom. The molecule has 2 fully saturated rings. The van der Waals surface area contributed by atoms with Gasteiger partial charge in [-0.15, -0.1) is 0 Å². The summed E-state index contributed by atoms with van der Waals surface area (Å²) in [6.45, 7) is 8.16. The van der Waals surface area contributed by atoms with Crippen molar-refractivity contribution < 1.29 is 19.0 Å². The van der Waals surface area contributed by atoms with E-state index >= 15 is 4.39 Å². The van der Waals surface area contributed by atoms with Crippen LogP contribution in [0.1, 0.15) is 24.2 Å². The topological polar surface area (TPSA) is 107 Å². The maximum Gasteiger partial charge on any atom is 0.260 e. The average Bonchev–Trinajstić information content (AvgIpc) is 3.00. The number of amides is 1. The van der Waals surface area contributed by atoms with Gasteiger partial charge in [-0.3, -0.25) is 14.7 Å². The number of aromatic nitrogens is 3. The van der Waals surface area contributed by atoms with Crippen LogP contribution in [0.15, 0.2) is 55.0 Å². The Morgan fingerprint density at radius 1 is 1.00 bits per heavy atom.